The summed E-state index contributed by atoms with van der Waals surface area (Å²) in [5.74, 6) is 1.32. The SMILES string of the molecule is CCCCOc1cc(CN(C)C(=O)C(C)Cl)ccc1OC. The van der Waals surface area contributed by atoms with Crippen molar-refractivity contribution < 1.29 is 14.3 Å². The molecule has 0 N–H and O–H groups in total. The van der Waals surface area contributed by atoms with E-state index in [1.165, 1.54) is 0 Å². The molecule has 0 saturated heterocycles. The Kier molecular flexibility index (Phi) is 7.37. The van der Waals surface area contributed by atoms with Crippen LogP contribution in [0.25, 0.3) is 0 Å². The minimum absolute atomic E-state index is 0.0964. The molecule has 5 heteroatoms. The average Bonchev–Trinajstić information content (AvgIpc) is 2.46. The molecule has 1 aromatic carbocycles. The Morgan fingerprint density at radius 3 is 2.67 bits per heavy atom. The molecule has 0 bridgehead atoms. The molecule has 1 atom stereocenters. The van der Waals surface area contributed by atoms with Crippen LogP contribution in [0.5, 0.6) is 11.5 Å². The highest BCUT2D eigenvalue weighted by molar-refractivity contribution is 6.30. The normalized spacial score (nSPS) is 11.9. The van der Waals surface area contributed by atoms with Crippen molar-refractivity contribution in [3.8, 4) is 11.5 Å². The third kappa shape index (κ3) is 5.46. The van der Waals surface area contributed by atoms with Gasteiger partial charge in [-0.25, -0.2) is 0 Å². The number of amides is 1. The molecule has 0 fully saturated rings. The number of unbranched alkanes of at least 4 members (excludes halogenated alkanes) is 1. The smallest absolute Gasteiger partial charge is 0.240 e. The van der Waals surface area contributed by atoms with E-state index in [0.29, 0.717) is 24.7 Å². The molecular formula is C16H24ClNO3. The average molecular weight is 314 g/mol. The predicted molar refractivity (Wildman–Crippen MR) is 85.2 cm³/mol. The highest BCUT2D eigenvalue weighted by atomic mass is 35.5. The summed E-state index contributed by atoms with van der Waals surface area (Å²) in [7, 11) is 3.36. The van der Waals surface area contributed by atoms with Crippen molar-refractivity contribution in [2.24, 2.45) is 0 Å². The van der Waals surface area contributed by atoms with Gasteiger partial charge in [-0.1, -0.05) is 19.4 Å². The van der Waals surface area contributed by atoms with Crippen molar-refractivity contribution in [3.05, 3.63) is 23.8 Å². The van der Waals surface area contributed by atoms with Gasteiger partial charge in [0.1, 0.15) is 5.38 Å². The van der Waals surface area contributed by atoms with Crippen LogP contribution in [0.15, 0.2) is 18.2 Å². The summed E-state index contributed by atoms with van der Waals surface area (Å²) in [4.78, 5) is 13.4. The van der Waals surface area contributed by atoms with Gasteiger partial charge in [-0.3, -0.25) is 4.79 Å². The Morgan fingerprint density at radius 2 is 2.10 bits per heavy atom. The first kappa shape index (κ1) is 17.6. The topological polar surface area (TPSA) is 38.8 Å². The minimum atomic E-state index is -0.520. The van der Waals surface area contributed by atoms with Gasteiger partial charge in [0.2, 0.25) is 5.91 Å². The fourth-order valence-electron chi connectivity index (χ4n) is 1.91. The molecule has 1 rings (SSSR count). The quantitative estimate of drug-likeness (QED) is 0.545. The van der Waals surface area contributed by atoms with Crippen LogP contribution in [0.1, 0.15) is 32.3 Å². The van der Waals surface area contributed by atoms with Gasteiger partial charge < -0.3 is 14.4 Å². The summed E-state index contributed by atoms with van der Waals surface area (Å²) in [5.41, 5.74) is 0.982. The van der Waals surface area contributed by atoms with Crippen molar-refractivity contribution in [2.75, 3.05) is 20.8 Å². The molecule has 0 aliphatic rings. The maximum absolute atomic E-state index is 11.8. The Bertz CT molecular complexity index is 463. The zero-order valence-electron chi connectivity index (χ0n) is 13.2. The van der Waals surface area contributed by atoms with Gasteiger partial charge in [0, 0.05) is 13.6 Å². The maximum atomic E-state index is 11.8. The van der Waals surface area contributed by atoms with E-state index in [9.17, 15) is 4.79 Å². The van der Waals surface area contributed by atoms with E-state index in [2.05, 4.69) is 6.92 Å². The van der Waals surface area contributed by atoms with Gasteiger partial charge in [-0.2, -0.15) is 0 Å². The number of benzene rings is 1. The number of methoxy groups -OCH3 is 1. The lowest BCUT2D eigenvalue weighted by Crippen LogP contribution is -2.31. The Balaban J connectivity index is 2.79. The number of nitrogens with zero attached hydrogens (tertiary/aromatic N) is 1. The van der Waals surface area contributed by atoms with Crippen molar-refractivity contribution in [1.82, 2.24) is 4.90 Å². The third-order valence-electron chi connectivity index (χ3n) is 3.12. The van der Waals surface area contributed by atoms with Crippen LogP contribution in [0.4, 0.5) is 0 Å². The van der Waals surface area contributed by atoms with Crippen molar-refractivity contribution in [2.45, 2.75) is 38.6 Å². The molecule has 0 aliphatic heterocycles. The van der Waals surface area contributed by atoms with Gasteiger partial charge in [-0.15, -0.1) is 11.6 Å². The summed E-state index contributed by atoms with van der Waals surface area (Å²) < 4.78 is 11.0. The summed E-state index contributed by atoms with van der Waals surface area (Å²) in [6.07, 6.45) is 2.07. The summed E-state index contributed by atoms with van der Waals surface area (Å²) in [5, 5.41) is -0.520. The first-order chi connectivity index (χ1) is 9.99. The zero-order valence-corrected chi connectivity index (χ0v) is 13.9. The minimum Gasteiger partial charge on any atom is -0.493 e. The van der Waals surface area contributed by atoms with Crippen LogP contribution in [0, 0.1) is 0 Å². The molecule has 118 valence electrons. The molecule has 1 unspecified atom stereocenters. The number of carbonyl (C=O) groups excluding carboxylic acids is 1. The second-order valence-corrected chi connectivity index (χ2v) is 5.65. The first-order valence-electron chi connectivity index (χ1n) is 7.18. The molecule has 0 aromatic heterocycles. The molecule has 1 aromatic rings. The van der Waals surface area contributed by atoms with Crippen LogP contribution in [0.2, 0.25) is 0 Å². The second-order valence-electron chi connectivity index (χ2n) is 5.00. The third-order valence-corrected chi connectivity index (χ3v) is 3.31. The van der Waals surface area contributed by atoms with Crippen LogP contribution >= 0.6 is 11.6 Å². The molecule has 0 spiro atoms. The second kappa shape index (κ2) is 8.78. The zero-order chi connectivity index (χ0) is 15.8. The first-order valence-corrected chi connectivity index (χ1v) is 7.62. The molecule has 4 nitrogen and oxygen atoms in total. The number of alkyl halides is 1. The monoisotopic (exact) mass is 313 g/mol. The predicted octanol–water partition coefficient (Wildman–Crippen LogP) is 3.46. The van der Waals surface area contributed by atoms with E-state index < -0.39 is 5.38 Å². The van der Waals surface area contributed by atoms with Crippen molar-refractivity contribution >= 4 is 17.5 Å². The molecule has 0 radical (unpaired) electrons. The van der Waals surface area contributed by atoms with Crippen LogP contribution < -0.4 is 9.47 Å². The Labute approximate surface area is 132 Å². The Hall–Kier alpha value is -1.42. The summed E-state index contributed by atoms with van der Waals surface area (Å²) in [6, 6.07) is 5.70. The number of ether oxygens (including phenoxy) is 2. The lowest BCUT2D eigenvalue weighted by Gasteiger charge is -2.19. The maximum Gasteiger partial charge on any atom is 0.240 e. The van der Waals surface area contributed by atoms with E-state index in [1.54, 1.807) is 26.0 Å². The van der Waals surface area contributed by atoms with E-state index in [0.717, 1.165) is 18.4 Å². The van der Waals surface area contributed by atoms with E-state index >= 15 is 0 Å². The van der Waals surface area contributed by atoms with Gasteiger partial charge in [0.25, 0.3) is 0 Å². The molecule has 0 heterocycles. The van der Waals surface area contributed by atoms with E-state index in [-0.39, 0.29) is 5.91 Å². The summed E-state index contributed by atoms with van der Waals surface area (Å²) >= 11 is 5.82. The van der Waals surface area contributed by atoms with Crippen LogP contribution in [-0.4, -0.2) is 36.9 Å². The van der Waals surface area contributed by atoms with Gasteiger partial charge in [0.05, 0.1) is 13.7 Å². The number of hydrogen-bond donors (Lipinski definition) is 0. The fraction of sp³-hybridized carbons (Fsp3) is 0.562. The molecular weight excluding hydrogens is 290 g/mol. The Morgan fingerprint density at radius 1 is 1.38 bits per heavy atom. The lowest BCUT2D eigenvalue weighted by molar-refractivity contribution is -0.129. The molecule has 0 saturated carbocycles. The van der Waals surface area contributed by atoms with Gasteiger partial charge in [-0.05, 0) is 31.0 Å². The fourth-order valence-corrected chi connectivity index (χ4v) is 2.08. The number of hydrogen-bond acceptors (Lipinski definition) is 3. The molecule has 1 amide bonds. The number of carbonyl (C=O) groups is 1. The molecule has 21 heavy (non-hydrogen) atoms. The van der Waals surface area contributed by atoms with Crippen molar-refractivity contribution in [3.63, 3.8) is 0 Å². The van der Waals surface area contributed by atoms with Gasteiger partial charge >= 0.3 is 0 Å². The summed E-state index contributed by atoms with van der Waals surface area (Å²) in [6.45, 7) is 4.94. The standard InChI is InChI=1S/C16H24ClNO3/c1-5-6-9-21-15-10-13(7-8-14(15)20-4)11-18(3)16(19)12(2)17/h7-8,10,12H,5-6,9,11H2,1-4H3. The van der Waals surface area contributed by atoms with Crippen molar-refractivity contribution in [1.29, 1.82) is 0 Å². The lowest BCUT2D eigenvalue weighted by atomic mass is 10.2. The largest absolute Gasteiger partial charge is 0.493 e. The van der Waals surface area contributed by atoms with E-state index in [4.69, 9.17) is 21.1 Å². The van der Waals surface area contributed by atoms with E-state index in [1.807, 2.05) is 18.2 Å². The van der Waals surface area contributed by atoms with Crippen LogP contribution in [0.3, 0.4) is 0 Å². The van der Waals surface area contributed by atoms with Crippen LogP contribution in [-0.2, 0) is 11.3 Å². The number of rotatable bonds is 8. The number of halogens is 1. The van der Waals surface area contributed by atoms with Gasteiger partial charge in [0.15, 0.2) is 11.5 Å². The highest BCUT2D eigenvalue weighted by Crippen LogP contribution is 2.28. The highest BCUT2D eigenvalue weighted by Gasteiger charge is 2.15. The molecule has 0 aliphatic carbocycles.